The molecule has 6 heteroatoms. The van der Waals surface area contributed by atoms with Gasteiger partial charge in [-0.25, -0.2) is 4.84 Å². The van der Waals surface area contributed by atoms with Crippen LogP contribution in [0.1, 0.15) is 27.2 Å². The van der Waals surface area contributed by atoms with Gasteiger partial charge in [-0.2, -0.15) is 0 Å². The lowest BCUT2D eigenvalue weighted by molar-refractivity contribution is -0.503. The number of hydrogen-bond acceptors (Lipinski definition) is 6. The van der Waals surface area contributed by atoms with E-state index < -0.39 is 17.5 Å². The summed E-state index contributed by atoms with van der Waals surface area (Å²) in [6.45, 7) is 4.97. The van der Waals surface area contributed by atoms with E-state index >= 15 is 0 Å². The Labute approximate surface area is 76.5 Å². The van der Waals surface area contributed by atoms with Crippen LogP contribution >= 0.6 is 0 Å². The Morgan fingerprint density at radius 3 is 2.31 bits per heavy atom. The minimum absolute atomic E-state index is 0.0319. The van der Waals surface area contributed by atoms with Crippen LogP contribution in [0.5, 0.6) is 0 Å². The first-order valence-electron chi connectivity index (χ1n) is 3.96. The van der Waals surface area contributed by atoms with Gasteiger partial charge < -0.3 is 4.74 Å². The molecule has 0 aromatic heterocycles. The average molecular weight is 193 g/mol. The second kappa shape index (κ2) is 5.87. The monoisotopic (exact) mass is 193 g/mol. The molecule has 0 aliphatic carbocycles. The standard InChI is InChI=1S/C7H15NO5/c1-5(2)12-7(9)4-6(3)13-8(10)11/h5-6,10-11H,4H2,1-3H3/t6-/m1/s1. The molecular formula is C7H15NO5. The number of hydrogen-bond donors (Lipinski definition) is 2. The van der Waals surface area contributed by atoms with Crippen LogP contribution in [0.15, 0.2) is 0 Å². The fourth-order valence-corrected chi connectivity index (χ4v) is 0.744. The van der Waals surface area contributed by atoms with Crippen molar-refractivity contribution in [1.29, 1.82) is 0 Å². The van der Waals surface area contributed by atoms with Crippen molar-refractivity contribution in [3.63, 3.8) is 0 Å². The normalized spacial score (nSPS) is 13.5. The van der Waals surface area contributed by atoms with E-state index in [2.05, 4.69) is 4.84 Å². The van der Waals surface area contributed by atoms with E-state index in [4.69, 9.17) is 15.2 Å². The van der Waals surface area contributed by atoms with Crippen LogP contribution in [0.4, 0.5) is 0 Å². The molecule has 0 aromatic carbocycles. The maximum atomic E-state index is 11.0. The van der Waals surface area contributed by atoms with Gasteiger partial charge >= 0.3 is 5.97 Å². The molecule has 0 aliphatic heterocycles. The van der Waals surface area contributed by atoms with Gasteiger partial charge in [-0.1, -0.05) is 0 Å². The summed E-state index contributed by atoms with van der Waals surface area (Å²) in [5, 5.41) is 16.0. The summed E-state index contributed by atoms with van der Waals surface area (Å²) >= 11 is 0. The van der Waals surface area contributed by atoms with Gasteiger partial charge in [0.2, 0.25) is 0 Å². The Morgan fingerprint density at radius 2 is 1.92 bits per heavy atom. The number of esters is 1. The second-order valence-electron chi connectivity index (χ2n) is 2.91. The molecule has 0 saturated carbocycles. The Bertz CT molecular complexity index is 159. The topological polar surface area (TPSA) is 79.2 Å². The van der Waals surface area contributed by atoms with E-state index in [9.17, 15) is 4.79 Å². The first kappa shape index (κ1) is 12.3. The summed E-state index contributed by atoms with van der Waals surface area (Å²) in [7, 11) is 0. The van der Waals surface area contributed by atoms with Crippen LogP contribution in [0, 0.1) is 0 Å². The minimum atomic E-state index is -0.638. The minimum Gasteiger partial charge on any atom is -0.463 e. The number of nitrogens with zero attached hydrogens (tertiary/aromatic N) is 1. The summed E-state index contributed by atoms with van der Waals surface area (Å²) in [4.78, 5) is 15.3. The molecule has 0 saturated heterocycles. The van der Waals surface area contributed by atoms with Gasteiger partial charge in [0.1, 0.15) is 0 Å². The van der Waals surface area contributed by atoms with Gasteiger partial charge in [0.25, 0.3) is 0 Å². The molecule has 78 valence electrons. The lowest BCUT2D eigenvalue weighted by Crippen LogP contribution is -2.25. The molecule has 0 rings (SSSR count). The number of carbonyl (C=O) groups excluding carboxylic acids is 1. The van der Waals surface area contributed by atoms with Crippen molar-refractivity contribution in [3.8, 4) is 0 Å². The van der Waals surface area contributed by atoms with Crippen molar-refractivity contribution in [2.24, 2.45) is 0 Å². The largest absolute Gasteiger partial charge is 0.463 e. The van der Waals surface area contributed by atoms with Crippen molar-refractivity contribution in [1.82, 2.24) is 5.39 Å². The Morgan fingerprint density at radius 1 is 1.38 bits per heavy atom. The van der Waals surface area contributed by atoms with Crippen molar-refractivity contribution < 1.29 is 24.8 Å². The summed E-state index contributed by atoms with van der Waals surface area (Å²) < 4.78 is 4.80. The molecule has 0 aromatic rings. The van der Waals surface area contributed by atoms with Gasteiger partial charge in [-0.3, -0.25) is 15.2 Å². The molecule has 0 fully saturated rings. The van der Waals surface area contributed by atoms with Crippen LogP contribution in [-0.4, -0.2) is 34.0 Å². The maximum Gasteiger partial charge on any atom is 0.308 e. The third-order valence-corrected chi connectivity index (χ3v) is 1.10. The molecule has 2 N–H and O–H groups in total. The molecule has 0 unspecified atom stereocenters. The van der Waals surface area contributed by atoms with Crippen LogP contribution in [0.25, 0.3) is 0 Å². The van der Waals surface area contributed by atoms with E-state index in [0.29, 0.717) is 0 Å². The van der Waals surface area contributed by atoms with Crippen LogP contribution in [0.3, 0.4) is 0 Å². The first-order chi connectivity index (χ1) is 5.91. The highest BCUT2D eigenvalue weighted by Crippen LogP contribution is 2.02. The van der Waals surface area contributed by atoms with E-state index in [1.165, 1.54) is 6.92 Å². The predicted molar refractivity (Wildman–Crippen MR) is 41.8 cm³/mol. The Kier molecular flexibility index (Phi) is 5.56. The van der Waals surface area contributed by atoms with Crippen LogP contribution < -0.4 is 0 Å². The summed E-state index contributed by atoms with van der Waals surface area (Å²) in [6, 6.07) is 0. The summed E-state index contributed by atoms with van der Waals surface area (Å²) in [6.07, 6.45) is -0.851. The fraction of sp³-hybridized carbons (Fsp3) is 0.857. The molecule has 1 atom stereocenters. The van der Waals surface area contributed by atoms with Gasteiger partial charge in [0, 0.05) is 0 Å². The quantitative estimate of drug-likeness (QED) is 0.495. The lowest BCUT2D eigenvalue weighted by Gasteiger charge is -2.14. The van der Waals surface area contributed by atoms with Crippen LogP contribution in [0.2, 0.25) is 0 Å². The Hall–Kier alpha value is -0.690. The highest BCUT2D eigenvalue weighted by Gasteiger charge is 2.14. The molecule has 0 spiro atoms. The molecule has 0 heterocycles. The summed E-state index contributed by atoms with van der Waals surface area (Å²) in [5.74, 6) is -0.440. The van der Waals surface area contributed by atoms with Crippen molar-refractivity contribution in [3.05, 3.63) is 0 Å². The molecule has 0 radical (unpaired) electrons. The zero-order chi connectivity index (χ0) is 10.4. The highest BCUT2D eigenvalue weighted by molar-refractivity contribution is 5.70. The molecule has 13 heavy (non-hydrogen) atoms. The van der Waals surface area contributed by atoms with E-state index in [0.717, 1.165) is 0 Å². The molecule has 6 nitrogen and oxygen atoms in total. The van der Waals surface area contributed by atoms with Gasteiger partial charge in [-0.05, 0) is 20.8 Å². The van der Waals surface area contributed by atoms with E-state index in [-0.39, 0.29) is 12.5 Å². The molecule has 0 bridgehead atoms. The average Bonchev–Trinajstić information content (AvgIpc) is 1.80. The number of ether oxygens (including phenoxy) is 1. The molecular weight excluding hydrogens is 178 g/mol. The number of carbonyl (C=O) groups is 1. The molecule has 0 amide bonds. The van der Waals surface area contributed by atoms with E-state index in [1.807, 2.05) is 0 Å². The van der Waals surface area contributed by atoms with Crippen molar-refractivity contribution in [2.45, 2.75) is 39.4 Å². The van der Waals surface area contributed by atoms with Crippen molar-refractivity contribution >= 4 is 5.97 Å². The zero-order valence-corrected chi connectivity index (χ0v) is 7.93. The lowest BCUT2D eigenvalue weighted by atomic mass is 10.3. The van der Waals surface area contributed by atoms with Crippen molar-refractivity contribution in [2.75, 3.05) is 0 Å². The van der Waals surface area contributed by atoms with Gasteiger partial charge in [0.05, 0.1) is 24.0 Å². The van der Waals surface area contributed by atoms with E-state index in [1.54, 1.807) is 13.8 Å². The fourth-order valence-electron chi connectivity index (χ4n) is 0.744. The first-order valence-corrected chi connectivity index (χ1v) is 3.96. The molecule has 0 aliphatic rings. The summed E-state index contributed by atoms with van der Waals surface area (Å²) in [5.41, 5.74) is 0. The third-order valence-electron chi connectivity index (χ3n) is 1.10. The smallest absolute Gasteiger partial charge is 0.308 e. The predicted octanol–water partition coefficient (Wildman–Crippen LogP) is 0.729. The Balaban J connectivity index is 3.65. The number of rotatable bonds is 5. The SMILES string of the molecule is CC(C)OC(=O)C[C@@H](C)ON(O)O. The van der Waals surface area contributed by atoms with Gasteiger partial charge in [-0.15, -0.1) is 0 Å². The maximum absolute atomic E-state index is 11.0. The van der Waals surface area contributed by atoms with Crippen LogP contribution in [-0.2, 0) is 14.4 Å². The van der Waals surface area contributed by atoms with Gasteiger partial charge in [0.15, 0.2) is 0 Å². The highest BCUT2D eigenvalue weighted by atomic mass is 17.1. The second-order valence-corrected chi connectivity index (χ2v) is 2.91. The zero-order valence-electron chi connectivity index (χ0n) is 7.93. The third kappa shape index (κ3) is 7.66.